The van der Waals surface area contributed by atoms with E-state index in [4.69, 9.17) is 5.73 Å². The number of anilines is 2. The number of rotatable bonds is 3. The molecular formula is C16H17N3O3S. The van der Waals surface area contributed by atoms with Crippen LogP contribution < -0.4 is 10.5 Å². The summed E-state index contributed by atoms with van der Waals surface area (Å²) in [6, 6.07) is 10.3. The van der Waals surface area contributed by atoms with E-state index < -0.39 is 10.0 Å². The van der Waals surface area contributed by atoms with Crippen LogP contribution in [-0.4, -0.2) is 24.8 Å². The summed E-state index contributed by atoms with van der Waals surface area (Å²) in [4.78, 5) is 3.30. The first-order chi connectivity index (χ1) is 10.7. The van der Waals surface area contributed by atoms with Crippen LogP contribution in [0, 0.1) is 6.92 Å². The molecule has 0 aliphatic carbocycles. The van der Waals surface area contributed by atoms with Crippen molar-refractivity contribution >= 4 is 32.3 Å². The van der Waals surface area contributed by atoms with Gasteiger partial charge in [0.15, 0.2) is 0 Å². The van der Waals surface area contributed by atoms with Gasteiger partial charge in [0.1, 0.15) is 5.75 Å². The number of nitrogen functional groups attached to an aromatic ring is 1. The molecule has 3 aromatic rings. The molecule has 0 saturated heterocycles. The van der Waals surface area contributed by atoms with E-state index in [-0.39, 0.29) is 5.75 Å². The standard InChI is InChI=1S/C16H17N3O3S/c1-9-12-8-11(19-23(2,21)22)4-5-14(12)18-16(9)10-3-6-15(20)13(17)7-10/h3-8,18-20H,17H2,1-2H3. The molecule has 6 nitrogen and oxygen atoms in total. The topological polar surface area (TPSA) is 108 Å². The number of nitrogens with two attached hydrogens (primary N) is 1. The van der Waals surface area contributed by atoms with Gasteiger partial charge >= 0.3 is 0 Å². The van der Waals surface area contributed by atoms with Crippen LogP contribution in [0.3, 0.4) is 0 Å². The molecule has 120 valence electrons. The lowest BCUT2D eigenvalue weighted by Gasteiger charge is -2.04. The maximum absolute atomic E-state index is 11.4. The molecule has 1 heterocycles. The lowest BCUT2D eigenvalue weighted by atomic mass is 10.1. The molecule has 0 spiro atoms. The number of nitrogens with one attached hydrogen (secondary N) is 2. The van der Waals surface area contributed by atoms with Gasteiger partial charge in [0.25, 0.3) is 0 Å². The van der Waals surface area contributed by atoms with Crippen LogP contribution in [0.15, 0.2) is 36.4 Å². The quantitative estimate of drug-likeness (QED) is 0.437. The van der Waals surface area contributed by atoms with Crippen molar-refractivity contribution in [2.75, 3.05) is 16.7 Å². The van der Waals surface area contributed by atoms with Crippen molar-refractivity contribution in [1.29, 1.82) is 0 Å². The van der Waals surface area contributed by atoms with E-state index in [1.54, 1.807) is 30.3 Å². The number of aromatic hydroxyl groups is 1. The number of sulfonamides is 1. The molecule has 0 fully saturated rings. The van der Waals surface area contributed by atoms with Crippen LogP contribution in [0.4, 0.5) is 11.4 Å². The third-order valence-electron chi connectivity index (χ3n) is 3.68. The maximum Gasteiger partial charge on any atom is 0.229 e. The fraction of sp³-hybridized carbons (Fsp3) is 0.125. The Labute approximate surface area is 134 Å². The van der Waals surface area contributed by atoms with E-state index in [0.717, 1.165) is 34.0 Å². The van der Waals surface area contributed by atoms with Crippen LogP contribution in [-0.2, 0) is 10.0 Å². The molecule has 0 aliphatic heterocycles. The van der Waals surface area contributed by atoms with Crippen molar-refractivity contribution < 1.29 is 13.5 Å². The zero-order valence-electron chi connectivity index (χ0n) is 12.7. The lowest BCUT2D eigenvalue weighted by molar-refractivity contribution is 0.478. The fourth-order valence-electron chi connectivity index (χ4n) is 2.60. The van der Waals surface area contributed by atoms with Crippen LogP contribution in [0.2, 0.25) is 0 Å². The van der Waals surface area contributed by atoms with Gasteiger partial charge in [-0.3, -0.25) is 4.72 Å². The van der Waals surface area contributed by atoms with E-state index in [1.807, 2.05) is 13.0 Å². The normalized spacial score (nSPS) is 11.7. The highest BCUT2D eigenvalue weighted by atomic mass is 32.2. The minimum atomic E-state index is -3.32. The van der Waals surface area contributed by atoms with Crippen molar-refractivity contribution in [3.63, 3.8) is 0 Å². The number of benzene rings is 2. The zero-order valence-corrected chi connectivity index (χ0v) is 13.5. The molecule has 2 aromatic carbocycles. The van der Waals surface area contributed by atoms with Crippen LogP contribution in [0.1, 0.15) is 5.56 Å². The maximum atomic E-state index is 11.4. The number of phenols is 1. The van der Waals surface area contributed by atoms with E-state index >= 15 is 0 Å². The van der Waals surface area contributed by atoms with E-state index in [0.29, 0.717) is 11.4 Å². The lowest BCUT2D eigenvalue weighted by Crippen LogP contribution is -2.09. The number of hydrogen-bond donors (Lipinski definition) is 4. The summed E-state index contributed by atoms with van der Waals surface area (Å²) in [5.74, 6) is 0.0437. The fourth-order valence-corrected chi connectivity index (χ4v) is 3.16. The first kappa shape index (κ1) is 15.2. The molecule has 7 heteroatoms. The summed E-state index contributed by atoms with van der Waals surface area (Å²) < 4.78 is 25.2. The molecule has 0 unspecified atom stereocenters. The van der Waals surface area contributed by atoms with Crippen LogP contribution in [0.5, 0.6) is 5.75 Å². The molecule has 0 radical (unpaired) electrons. The number of aromatic nitrogens is 1. The molecule has 5 N–H and O–H groups in total. The van der Waals surface area contributed by atoms with Gasteiger partial charge < -0.3 is 15.8 Å². The number of aromatic amines is 1. The summed E-state index contributed by atoms with van der Waals surface area (Å²) in [7, 11) is -3.32. The first-order valence-electron chi connectivity index (χ1n) is 6.93. The Morgan fingerprint density at radius 3 is 2.57 bits per heavy atom. The minimum absolute atomic E-state index is 0.0437. The number of phenolic OH excluding ortho intramolecular Hbond substituents is 1. The smallest absolute Gasteiger partial charge is 0.229 e. The summed E-state index contributed by atoms with van der Waals surface area (Å²) >= 11 is 0. The van der Waals surface area contributed by atoms with Crippen LogP contribution in [0.25, 0.3) is 22.2 Å². The SMILES string of the molecule is Cc1c(-c2ccc(O)c(N)c2)[nH]c2ccc(NS(C)(=O)=O)cc12. The summed E-state index contributed by atoms with van der Waals surface area (Å²) in [6.45, 7) is 1.95. The summed E-state index contributed by atoms with van der Waals surface area (Å²) in [5, 5.41) is 10.5. The van der Waals surface area contributed by atoms with Crippen molar-refractivity contribution in [2.45, 2.75) is 6.92 Å². The van der Waals surface area contributed by atoms with Gasteiger partial charge in [-0.25, -0.2) is 8.42 Å². The molecule has 0 amide bonds. The predicted molar refractivity (Wildman–Crippen MR) is 93.0 cm³/mol. The van der Waals surface area contributed by atoms with Crippen molar-refractivity contribution in [3.8, 4) is 17.0 Å². The Hall–Kier alpha value is -2.67. The highest BCUT2D eigenvalue weighted by Crippen LogP contribution is 2.34. The number of fused-ring (bicyclic) bond motifs is 1. The second kappa shape index (κ2) is 5.20. The van der Waals surface area contributed by atoms with E-state index in [1.165, 1.54) is 0 Å². The number of hydrogen-bond acceptors (Lipinski definition) is 4. The van der Waals surface area contributed by atoms with Crippen LogP contribution >= 0.6 is 0 Å². The third-order valence-corrected chi connectivity index (χ3v) is 4.28. The number of H-pyrrole nitrogens is 1. The van der Waals surface area contributed by atoms with Gasteiger partial charge in [-0.15, -0.1) is 0 Å². The molecule has 0 atom stereocenters. The zero-order chi connectivity index (χ0) is 16.8. The molecular weight excluding hydrogens is 314 g/mol. The number of aryl methyl sites for hydroxylation is 1. The Kier molecular flexibility index (Phi) is 3.45. The average molecular weight is 331 g/mol. The average Bonchev–Trinajstić information content (AvgIpc) is 2.77. The summed E-state index contributed by atoms with van der Waals surface area (Å²) in [5.41, 5.74) is 10.2. The highest BCUT2D eigenvalue weighted by Gasteiger charge is 2.12. The van der Waals surface area contributed by atoms with E-state index in [2.05, 4.69) is 9.71 Å². The van der Waals surface area contributed by atoms with Gasteiger partial charge in [0.2, 0.25) is 10.0 Å². The molecule has 23 heavy (non-hydrogen) atoms. The molecule has 0 bridgehead atoms. The predicted octanol–water partition coefficient (Wildman–Crippen LogP) is 2.80. The largest absolute Gasteiger partial charge is 0.506 e. The summed E-state index contributed by atoms with van der Waals surface area (Å²) in [6.07, 6.45) is 1.12. The Morgan fingerprint density at radius 1 is 1.17 bits per heavy atom. The van der Waals surface area contributed by atoms with Gasteiger partial charge in [0, 0.05) is 27.8 Å². The Bertz CT molecular complexity index is 1010. The Balaban J connectivity index is 2.13. The highest BCUT2D eigenvalue weighted by molar-refractivity contribution is 7.92. The Morgan fingerprint density at radius 2 is 1.91 bits per heavy atom. The van der Waals surface area contributed by atoms with Gasteiger partial charge in [0.05, 0.1) is 11.9 Å². The van der Waals surface area contributed by atoms with E-state index in [9.17, 15) is 13.5 Å². The molecule has 3 rings (SSSR count). The van der Waals surface area contributed by atoms with Gasteiger partial charge in [-0.1, -0.05) is 0 Å². The molecule has 0 saturated carbocycles. The minimum Gasteiger partial charge on any atom is -0.506 e. The van der Waals surface area contributed by atoms with Crippen molar-refractivity contribution in [3.05, 3.63) is 42.0 Å². The van der Waals surface area contributed by atoms with Crippen molar-refractivity contribution in [2.24, 2.45) is 0 Å². The third kappa shape index (κ3) is 2.95. The monoisotopic (exact) mass is 331 g/mol. The molecule has 0 aliphatic rings. The molecule has 1 aromatic heterocycles. The first-order valence-corrected chi connectivity index (χ1v) is 8.83. The second-order valence-electron chi connectivity index (χ2n) is 5.53. The van der Waals surface area contributed by atoms with Crippen molar-refractivity contribution in [1.82, 2.24) is 4.98 Å². The van der Waals surface area contributed by atoms with Gasteiger partial charge in [-0.2, -0.15) is 0 Å². The van der Waals surface area contributed by atoms with Gasteiger partial charge in [-0.05, 0) is 48.9 Å². The second-order valence-corrected chi connectivity index (χ2v) is 7.28.